The quantitative estimate of drug-likeness (QED) is 0.444. The second-order valence-corrected chi connectivity index (χ2v) is 4.79. The Morgan fingerprint density at radius 2 is 2.12 bits per heavy atom. The predicted molar refractivity (Wildman–Crippen MR) is 65.1 cm³/mol. The standard InChI is InChI=1S/C12H20ClNO2/c1-2-8-16-11(15)9-12(10-14-13)6-4-3-5-7-12/h2,14H,1,3-10H2. The smallest absolute Gasteiger partial charge is 0.306 e. The Hall–Kier alpha value is -0.540. The molecule has 1 aliphatic rings. The number of hydrogen-bond donors (Lipinski definition) is 1. The topological polar surface area (TPSA) is 38.3 Å². The van der Waals surface area contributed by atoms with E-state index in [1.54, 1.807) is 6.08 Å². The second kappa shape index (κ2) is 6.92. The van der Waals surface area contributed by atoms with Crippen molar-refractivity contribution in [1.82, 2.24) is 4.84 Å². The van der Waals surface area contributed by atoms with Crippen molar-refractivity contribution in [3.8, 4) is 0 Å². The summed E-state index contributed by atoms with van der Waals surface area (Å²) in [5.41, 5.74) is -0.00173. The number of carbonyl (C=O) groups is 1. The third-order valence-electron chi connectivity index (χ3n) is 3.24. The van der Waals surface area contributed by atoms with Crippen LogP contribution in [0.3, 0.4) is 0 Å². The number of ether oxygens (including phenoxy) is 1. The van der Waals surface area contributed by atoms with Gasteiger partial charge in [-0.15, -0.1) is 0 Å². The minimum Gasteiger partial charge on any atom is -0.461 e. The molecule has 1 saturated carbocycles. The fourth-order valence-corrected chi connectivity index (χ4v) is 2.65. The molecular formula is C12H20ClNO2. The molecule has 1 rings (SSSR count). The van der Waals surface area contributed by atoms with Crippen LogP contribution in [0.2, 0.25) is 0 Å². The van der Waals surface area contributed by atoms with Crippen LogP contribution >= 0.6 is 11.8 Å². The van der Waals surface area contributed by atoms with Gasteiger partial charge in [-0.1, -0.05) is 31.9 Å². The molecule has 0 bridgehead atoms. The third-order valence-corrected chi connectivity index (χ3v) is 3.37. The van der Waals surface area contributed by atoms with E-state index in [0.29, 0.717) is 19.6 Å². The van der Waals surface area contributed by atoms with Gasteiger partial charge >= 0.3 is 5.97 Å². The van der Waals surface area contributed by atoms with Crippen molar-refractivity contribution < 1.29 is 9.53 Å². The van der Waals surface area contributed by atoms with Gasteiger partial charge in [0.2, 0.25) is 0 Å². The van der Waals surface area contributed by atoms with Crippen molar-refractivity contribution in [3.63, 3.8) is 0 Å². The first-order valence-electron chi connectivity index (χ1n) is 5.82. The molecule has 0 amide bonds. The molecule has 0 atom stereocenters. The molecule has 4 heteroatoms. The van der Waals surface area contributed by atoms with Gasteiger partial charge in [-0.2, -0.15) is 0 Å². The largest absolute Gasteiger partial charge is 0.461 e. The van der Waals surface area contributed by atoms with E-state index >= 15 is 0 Å². The third kappa shape index (κ3) is 4.14. The molecule has 0 aliphatic heterocycles. The number of halogens is 1. The average Bonchev–Trinajstić information content (AvgIpc) is 2.28. The van der Waals surface area contributed by atoms with E-state index in [-0.39, 0.29) is 11.4 Å². The van der Waals surface area contributed by atoms with Crippen LogP contribution in [0.25, 0.3) is 0 Å². The highest BCUT2D eigenvalue weighted by molar-refractivity contribution is 6.13. The zero-order chi connectivity index (χ0) is 11.9. The van der Waals surface area contributed by atoms with Crippen molar-refractivity contribution in [2.24, 2.45) is 5.41 Å². The summed E-state index contributed by atoms with van der Waals surface area (Å²) in [5.74, 6) is -0.145. The molecule has 0 unspecified atom stereocenters. The normalized spacial score (nSPS) is 19.1. The molecule has 16 heavy (non-hydrogen) atoms. The molecule has 92 valence electrons. The summed E-state index contributed by atoms with van der Waals surface area (Å²) in [6.45, 7) is 4.50. The number of carbonyl (C=O) groups excluding carboxylic acids is 1. The zero-order valence-electron chi connectivity index (χ0n) is 9.64. The van der Waals surface area contributed by atoms with Crippen LogP contribution in [-0.4, -0.2) is 19.1 Å². The fraction of sp³-hybridized carbons (Fsp3) is 0.750. The van der Waals surface area contributed by atoms with Gasteiger partial charge < -0.3 is 4.74 Å². The second-order valence-electron chi connectivity index (χ2n) is 4.52. The highest BCUT2D eigenvalue weighted by atomic mass is 35.5. The van der Waals surface area contributed by atoms with E-state index in [2.05, 4.69) is 11.4 Å². The zero-order valence-corrected chi connectivity index (χ0v) is 10.4. The van der Waals surface area contributed by atoms with Gasteiger partial charge in [0.1, 0.15) is 6.61 Å². The van der Waals surface area contributed by atoms with Crippen LogP contribution in [0.1, 0.15) is 38.5 Å². The van der Waals surface area contributed by atoms with Gasteiger partial charge in [0.25, 0.3) is 0 Å². The lowest BCUT2D eigenvalue weighted by Gasteiger charge is -2.35. The predicted octanol–water partition coefficient (Wildman–Crippen LogP) is 2.80. The van der Waals surface area contributed by atoms with Gasteiger partial charge in [0.05, 0.1) is 6.42 Å². The molecule has 0 radical (unpaired) electrons. The molecule has 0 aromatic carbocycles. The summed E-state index contributed by atoms with van der Waals surface area (Å²) in [4.78, 5) is 14.3. The molecular weight excluding hydrogens is 226 g/mol. The van der Waals surface area contributed by atoms with Gasteiger partial charge in [0.15, 0.2) is 0 Å². The van der Waals surface area contributed by atoms with E-state index in [1.807, 2.05) is 0 Å². The first-order chi connectivity index (χ1) is 7.72. The Bertz CT molecular complexity index is 232. The minimum atomic E-state index is -0.145. The van der Waals surface area contributed by atoms with E-state index in [1.165, 1.54) is 19.3 Å². The van der Waals surface area contributed by atoms with Gasteiger partial charge in [0, 0.05) is 6.54 Å². The molecule has 0 aromatic rings. The highest BCUT2D eigenvalue weighted by Crippen LogP contribution is 2.39. The monoisotopic (exact) mass is 245 g/mol. The molecule has 0 heterocycles. The maximum absolute atomic E-state index is 11.6. The molecule has 0 spiro atoms. The van der Waals surface area contributed by atoms with Crippen molar-refractivity contribution in [2.75, 3.05) is 13.2 Å². The van der Waals surface area contributed by atoms with E-state index in [9.17, 15) is 4.79 Å². The van der Waals surface area contributed by atoms with Crippen LogP contribution in [0.4, 0.5) is 0 Å². The summed E-state index contributed by atoms with van der Waals surface area (Å²) in [6, 6.07) is 0. The van der Waals surface area contributed by atoms with E-state index < -0.39 is 0 Å². The summed E-state index contributed by atoms with van der Waals surface area (Å²) < 4.78 is 5.04. The Morgan fingerprint density at radius 3 is 2.69 bits per heavy atom. The number of nitrogens with one attached hydrogen (secondary N) is 1. The molecule has 0 saturated heterocycles. The lowest BCUT2D eigenvalue weighted by molar-refractivity contribution is -0.145. The summed E-state index contributed by atoms with van der Waals surface area (Å²) in [6.07, 6.45) is 7.75. The molecule has 0 aromatic heterocycles. The first-order valence-corrected chi connectivity index (χ1v) is 6.20. The van der Waals surface area contributed by atoms with Crippen LogP contribution in [0, 0.1) is 5.41 Å². The Balaban J connectivity index is 2.48. The maximum atomic E-state index is 11.6. The van der Waals surface area contributed by atoms with Crippen LogP contribution < -0.4 is 4.84 Å². The first kappa shape index (κ1) is 13.5. The van der Waals surface area contributed by atoms with E-state index in [0.717, 1.165) is 12.8 Å². The maximum Gasteiger partial charge on any atom is 0.306 e. The van der Waals surface area contributed by atoms with Crippen molar-refractivity contribution >= 4 is 17.7 Å². The minimum absolute atomic E-state index is 0.00173. The Labute approximate surface area is 102 Å². The lowest BCUT2D eigenvalue weighted by atomic mass is 9.72. The van der Waals surface area contributed by atoms with Crippen LogP contribution in [0.5, 0.6) is 0 Å². The average molecular weight is 246 g/mol. The van der Waals surface area contributed by atoms with Crippen LogP contribution in [0.15, 0.2) is 12.7 Å². The number of rotatable bonds is 6. The molecule has 1 fully saturated rings. The van der Waals surface area contributed by atoms with Gasteiger partial charge in [-0.25, -0.2) is 4.84 Å². The number of esters is 1. The summed E-state index contributed by atoms with van der Waals surface area (Å²) in [7, 11) is 0. The number of hydrogen-bond acceptors (Lipinski definition) is 3. The van der Waals surface area contributed by atoms with Crippen molar-refractivity contribution in [2.45, 2.75) is 38.5 Å². The summed E-state index contributed by atoms with van der Waals surface area (Å²) in [5, 5.41) is 0. The van der Waals surface area contributed by atoms with Gasteiger partial charge in [-0.05, 0) is 30.0 Å². The van der Waals surface area contributed by atoms with Crippen LogP contribution in [-0.2, 0) is 9.53 Å². The Morgan fingerprint density at radius 1 is 1.44 bits per heavy atom. The Kier molecular flexibility index (Phi) is 5.85. The highest BCUT2D eigenvalue weighted by Gasteiger charge is 2.34. The van der Waals surface area contributed by atoms with E-state index in [4.69, 9.17) is 16.5 Å². The molecule has 1 aliphatic carbocycles. The molecule has 3 nitrogen and oxygen atoms in total. The summed E-state index contributed by atoms with van der Waals surface area (Å²) >= 11 is 5.59. The van der Waals surface area contributed by atoms with Crippen molar-refractivity contribution in [3.05, 3.63) is 12.7 Å². The van der Waals surface area contributed by atoms with Gasteiger partial charge in [-0.3, -0.25) is 4.79 Å². The SMILES string of the molecule is C=CCOC(=O)CC1(CNCl)CCCCC1. The fourth-order valence-electron chi connectivity index (χ4n) is 2.37. The lowest BCUT2D eigenvalue weighted by Crippen LogP contribution is -2.35. The van der Waals surface area contributed by atoms with Crippen molar-refractivity contribution in [1.29, 1.82) is 0 Å². The molecule has 1 N–H and O–H groups in total.